The number of hydrogen-bond donors (Lipinski definition) is 2. The van der Waals surface area contributed by atoms with Crippen molar-refractivity contribution in [2.45, 2.75) is 31.3 Å². The molecule has 0 aromatic heterocycles. The van der Waals surface area contributed by atoms with Crippen LogP contribution in [0.25, 0.3) is 0 Å². The number of guanidine groups is 1. The molecule has 2 N–H and O–H groups in total. The van der Waals surface area contributed by atoms with Gasteiger partial charge in [0.1, 0.15) is 0 Å². The Hall–Kier alpha value is -1.20. The monoisotopic (exact) mass is 307 g/mol. The minimum absolute atomic E-state index is 0.212. The van der Waals surface area contributed by atoms with Gasteiger partial charge in [-0.15, -0.1) is 11.8 Å². The highest BCUT2D eigenvalue weighted by Gasteiger charge is 2.22. The largest absolute Gasteiger partial charge is 0.391 e. The zero-order chi connectivity index (χ0) is 15.1. The smallest absolute Gasteiger partial charge is 0.194 e. The molecule has 1 aromatic carbocycles. The number of benzene rings is 1. The Morgan fingerprint density at radius 1 is 1.43 bits per heavy atom. The van der Waals surface area contributed by atoms with Gasteiger partial charge in [0.2, 0.25) is 0 Å². The number of nitrogens with one attached hydrogen (secondary N) is 1. The molecule has 1 heterocycles. The molecule has 0 saturated carbocycles. The summed E-state index contributed by atoms with van der Waals surface area (Å²) < 4.78 is 0. The van der Waals surface area contributed by atoms with Crippen LogP contribution in [0.1, 0.15) is 18.9 Å². The van der Waals surface area contributed by atoms with Crippen molar-refractivity contribution in [2.75, 3.05) is 31.9 Å². The number of hydrogen-bond acceptors (Lipinski definition) is 3. The normalized spacial score (nSPS) is 19.1. The van der Waals surface area contributed by atoms with Crippen LogP contribution in [0.15, 0.2) is 34.2 Å². The minimum atomic E-state index is -0.212. The maximum Gasteiger partial charge on any atom is 0.194 e. The van der Waals surface area contributed by atoms with Gasteiger partial charge in [0.25, 0.3) is 0 Å². The van der Waals surface area contributed by atoms with Gasteiger partial charge in [-0.1, -0.05) is 17.7 Å². The summed E-state index contributed by atoms with van der Waals surface area (Å²) in [7, 11) is 0. The maximum absolute atomic E-state index is 9.63. The first-order chi connectivity index (χ1) is 10.2. The number of rotatable bonds is 5. The van der Waals surface area contributed by atoms with Gasteiger partial charge in [0, 0.05) is 30.3 Å². The van der Waals surface area contributed by atoms with Crippen LogP contribution in [0.2, 0.25) is 0 Å². The lowest BCUT2D eigenvalue weighted by atomic mass is 10.2. The lowest BCUT2D eigenvalue weighted by Crippen LogP contribution is -2.40. The van der Waals surface area contributed by atoms with E-state index in [2.05, 4.69) is 53.3 Å². The van der Waals surface area contributed by atoms with Crippen LogP contribution in [0.5, 0.6) is 0 Å². The van der Waals surface area contributed by atoms with Crippen molar-refractivity contribution in [3.05, 3.63) is 29.8 Å². The van der Waals surface area contributed by atoms with Crippen LogP contribution in [0.4, 0.5) is 0 Å². The average Bonchev–Trinajstić information content (AvgIpc) is 2.91. The SMILES string of the molecule is CCNC(=NCCSc1ccc(C)cc1)N1CC[C@@H](O)C1. The lowest BCUT2D eigenvalue weighted by molar-refractivity contribution is 0.188. The number of aliphatic imine (C=N–C) groups is 1. The van der Waals surface area contributed by atoms with Gasteiger partial charge in [-0.25, -0.2) is 0 Å². The summed E-state index contributed by atoms with van der Waals surface area (Å²) >= 11 is 1.83. The summed E-state index contributed by atoms with van der Waals surface area (Å²) in [4.78, 5) is 8.09. The van der Waals surface area contributed by atoms with E-state index in [1.807, 2.05) is 11.8 Å². The number of aliphatic hydroxyl groups excluding tert-OH is 1. The van der Waals surface area contributed by atoms with Gasteiger partial charge in [-0.2, -0.15) is 0 Å². The van der Waals surface area contributed by atoms with Crippen molar-refractivity contribution in [2.24, 2.45) is 4.99 Å². The Morgan fingerprint density at radius 2 is 2.19 bits per heavy atom. The molecule has 0 bridgehead atoms. The first-order valence-electron chi connectivity index (χ1n) is 7.60. The number of thioether (sulfide) groups is 1. The number of aryl methyl sites for hydroxylation is 1. The molecule has 21 heavy (non-hydrogen) atoms. The molecule has 1 aromatic rings. The van der Waals surface area contributed by atoms with Crippen LogP contribution < -0.4 is 5.32 Å². The standard InChI is InChI=1S/C16H25N3OS/c1-3-17-16(19-10-8-14(20)12-19)18-9-11-21-15-6-4-13(2)5-7-15/h4-7,14,20H,3,8-12H2,1-2H3,(H,17,18)/t14-/m1/s1. The summed E-state index contributed by atoms with van der Waals surface area (Å²) in [6, 6.07) is 8.60. The molecule has 0 amide bonds. The molecule has 116 valence electrons. The van der Waals surface area contributed by atoms with E-state index in [1.165, 1.54) is 10.5 Å². The molecule has 4 nitrogen and oxygen atoms in total. The minimum Gasteiger partial charge on any atom is -0.391 e. The van der Waals surface area contributed by atoms with E-state index < -0.39 is 0 Å². The Kier molecular flexibility index (Phi) is 6.39. The Morgan fingerprint density at radius 3 is 2.81 bits per heavy atom. The van der Waals surface area contributed by atoms with Crippen LogP contribution in [0, 0.1) is 6.92 Å². The first-order valence-corrected chi connectivity index (χ1v) is 8.58. The number of aliphatic hydroxyl groups is 1. The number of nitrogens with zero attached hydrogens (tertiary/aromatic N) is 2. The Labute approximate surface area is 131 Å². The molecule has 5 heteroatoms. The third kappa shape index (κ3) is 5.25. The summed E-state index contributed by atoms with van der Waals surface area (Å²) in [5.41, 5.74) is 1.29. The van der Waals surface area contributed by atoms with Gasteiger partial charge >= 0.3 is 0 Å². The van der Waals surface area contributed by atoms with E-state index in [9.17, 15) is 5.11 Å². The fraction of sp³-hybridized carbons (Fsp3) is 0.562. The molecule has 1 saturated heterocycles. The molecular weight excluding hydrogens is 282 g/mol. The van der Waals surface area contributed by atoms with Crippen molar-refractivity contribution in [1.82, 2.24) is 10.2 Å². The van der Waals surface area contributed by atoms with Gasteiger partial charge in [-0.3, -0.25) is 4.99 Å². The first kappa shape index (κ1) is 16.2. The maximum atomic E-state index is 9.63. The molecule has 1 fully saturated rings. The summed E-state index contributed by atoms with van der Waals surface area (Å²) in [6.45, 7) is 7.40. The summed E-state index contributed by atoms with van der Waals surface area (Å²) in [5.74, 6) is 1.90. The molecule has 1 atom stereocenters. The van der Waals surface area contributed by atoms with Crippen molar-refractivity contribution in [3.8, 4) is 0 Å². The molecule has 0 radical (unpaired) electrons. The zero-order valence-corrected chi connectivity index (χ0v) is 13.7. The van der Waals surface area contributed by atoms with Crippen molar-refractivity contribution in [3.63, 3.8) is 0 Å². The van der Waals surface area contributed by atoms with Crippen molar-refractivity contribution < 1.29 is 5.11 Å². The number of β-amino-alcohol motifs (C(OH)–C–C–N with tert-alkyl or cyclic N) is 1. The van der Waals surface area contributed by atoms with E-state index in [-0.39, 0.29) is 6.10 Å². The lowest BCUT2D eigenvalue weighted by Gasteiger charge is -2.20. The molecule has 1 aliphatic rings. The molecule has 0 unspecified atom stereocenters. The van der Waals surface area contributed by atoms with E-state index in [0.29, 0.717) is 6.54 Å². The Bertz CT molecular complexity index is 461. The quantitative estimate of drug-likeness (QED) is 0.379. The van der Waals surface area contributed by atoms with Gasteiger partial charge in [0.15, 0.2) is 5.96 Å². The van der Waals surface area contributed by atoms with Gasteiger partial charge < -0.3 is 15.3 Å². The second kappa shape index (κ2) is 8.29. The molecule has 1 aliphatic heterocycles. The van der Waals surface area contributed by atoms with Crippen molar-refractivity contribution >= 4 is 17.7 Å². The van der Waals surface area contributed by atoms with Crippen molar-refractivity contribution in [1.29, 1.82) is 0 Å². The predicted octanol–water partition coefficient (Wildman–Crippen LogP) is 2.12. The zero-order valence-electron chi connectivity index (χ0n) is 12.9. The van der Waals surface area contributed by atoms with Gasteiger partial charge in [0.05, 0.1) is 12.6 Å². The molecular formula is C16H25N3OS. The van der Waals surface area contributed by atoms with Crippen LogP contribution in [-0.2, 0) is 0 Å². The average molecular weight is 307 g/mol. The van der Waals surface area contributed by atoms with Crippen LogP contribution >= 0.6 is 11.8 Å². The van der Waals surface area contributed by atoms with E-state index >= 15 is 0 Å². The van der Waals surface area contributed by atoms with E-state index in [0.717, 1.165) is 37.8 Å². The highest BCUT2D eigenvalue weighted by molar-refractivity contribution is 7.99. The van der Waals surface area contributed by atoms with E-state index in [4.69, 9.17) is 0 Å². The second-order valence-corrected chi connectivity index (χ2v) is 6.45. The van der Waals surface area contributed by atoms with Gasteiger partial charge in [-0.05, 0) is 32.4 Å². The fourth-order valence-electron chi connectivity index (χ4n) is 2.31. The highest BCUT2D eigenvalue weighted by Crippen LogP contribution is 2.18. The number of likely N-dealkylation sites (tertiary alicyclic amines) is 1. The summed E-state index contributed by atoms with van der Waals surface area (Å²) in [5, 5.41) is 12.9. The third-order valence-corrected chi connectivity index (χ3v) is 4.43. The van der Waals surface area contributed by atoms with E-state index in [1.54, 1.807) is 0 Å². The Balaban J connectivity index is 1.81. The highest BCUT2D eigenvalue weighted by atomic mass is 32.2. The van der Waals surface area contributed by atoms with Crippen LogP contribution in [0.3, 0.4) is 0 Å². The summed E-state index contributed by atoms with van der Waals surface area (Å²) in [6.07, 6.45) is 0.624. The molecule has 0 spiro atoms. The predicted molar refractivity (Wildman–Crippen MR) is 90.1 cm³/mol. The second-order valence-electron chi connectivity index (χ2n) is 5.29. The topological polar surface area (TPSA) is 47.9 Å². The molecule has 0 aliphatic carbocycles. The third-order valence-electron chi connectivity index (χ3n) is 3.44. The van der Waals surface area contributed by atoms with Crippen LogP contribution in [-0.4, -0.2) is 54.0 Å². The fourth-order valence-corrected chi connectivity index (χ4v) is 3.06. The molecule has 2 rings (SSSR count).